The normalized spacial score (nSPS) is 19.0. The topological polar surface area (TPSA) is 33.3 Å². The van der Waals surface area contributed by atoms with E-state index in [2.05, 4.69) is 107 Å². The molecule has 0 fully saturated rings. The molecule has 0 amide bonds. The van der Waals surface area contributed by atoms with E-state index < -0.39 is 0 Å². The SMILES string of the molecule is CN1C=Cc2c(n(C3=CC=CC(c4cccc5c6c(oc45)CCC=C6)N3)c3ccccc23)C1. The molecule has 2 aliphatic heterocycles. The van der Waals surface area contributed by atoms with Gasteiger partial charge in [-0.05, 0) is 30.8 Å². The Hall–Kier alpha value is -3.92. The fourth-order valence-corrected chi connectivity index (χ4v) is 5.50. The van der Waals surface area contributed by atoms with Gasteiger partial charge in [-0.1, -0.05) is 60.7 Å². The monoisotopic (exact) mass is 431 g/mol. The van der Waals surface area contributed by atoms with Gasteiger partial charge in [-0.3, -0.25) is 4.57 Å². The van der Waals surface area contributed by atoms with Gasteiger partial charge < -0.3 is 14.6 Å². The van der Waals surface area contributed by atoms with E-state index in [1.54, 1.807) is 0 Å². The molecule has 1 unspecified atom stereocenters. The van der Waals surface area contributed by atoms with Gasteiger partial charge in [0.05, 0.1) is 23.8 Å². The molecule has 4 aromatic rings. The Balaban J connectivity index is 1.34. The number of hydrogen-bond acceptors (Lipinski definition) is 3. The average Bonchev–Trinajstić information content (AvgIpc) is 3.39. The maximum Gasteiger partial charge on any atom is 0.140 e. The van der Waals surface area contributed by atoms with E-state index in [4.69, 9.17) is 4.42 Å². The molecule has 7 rings (SSSR count). The lowest BCUT2D eigenvalue weighted by molar-refractivity contribution is 0.437. The summed E-state index contributed by atoms with van der Waals surface area (Å²) < 4.78 is 8.79. The van der Waals surface area contributed by atoms with Gasteiger partial charge in [0.1, 0.15) is 17.2 Å². The second-order valence-corrected chi connectivity index (χ2v) is 9.11. The van der Waals surface area contributed by atoms with Crippen molar-refractivity contribution in [1.82, 2.24) is 14.8 Å². The Morgan fingerprint density at radius 1 is 1.00 bits per heavy atom. The number of dihydropyridines is 1. The summed E-state index contributed by atoms with van der Waals surface area (Å²) in [6.07, 6.45) is 17.4. The Bertz CT molecular complexity index is 1540. The molecule has 4 heterocycles. The van der Waals surface area contributed by atoms with Gasteiger partial charge in [-0.2, -0.15) is 0 Å². The molecule has 0 saturated heterocycles. The van der Waals surface area contributed by atoms with Crippen molar-refractivity contribution < 1.29 is 4.42 Å². The minimum absolute atomic E-state index is 0.0407. The zero-order chi connectivity index (χ0) is 21.9. The minimum Gasteiger partial charge on any atom is -0.460 e. The van der Waals surface area contributed by atoms with E-state index in [0.29, 0.717) is 0 Å². The van der Waals surface area contributed by atoms with Crippen LogP contribution in [0.1, 0.15) is 40.6 Å². The maximum absolute atomic E-state index is 6.41. The predicted molar refractivity (Wildman–Crippen MR) is 135 cm³/mol. The van der Waals surface area contributed by atoms with Crippen LogP contribution in [-0.4, -0.2) is 16.5 Å². The molecule has 1 atom stereocenters. The zero-order valence-corrected chi connectivity index (χ0v) is 18.6. The summed E-state index contributed by atoms with van der Waals surface area (Å²) in [7, 11) is 2.13. The Kier molecular flexibility index (Phi) is 3.98. The molecule has 0 saturated carbocycles. The van der Waals surface area contributed by atoms with Crippen molar-refractivity contribution >= 4 is 39.8 Å². The van der Waals surface area contributed by atoms with E-state index >= 15 is 0 Å². The lowest BCUT2D eigenvalue weighted by atomic mass is 9.98. The van der Waals surface area contributed by atoms with Crippen LogP contribution in [0.3, 0.4) is 0 Å². The van der Waals surface area contributed by atoms with Crippen molar-refractivity contribution in [2.45, 2.75) is 25.4 Å². The molecular weight excluding hydrogens is 406 g/mol. The third kappa shape index (κ3) is 2.77. The third-order valence-corrected chi connectivity index (χ3v) is 7.03. The molecule has 0 bridgehead atoms. The number of fused-ring (bicyclic) bond motifs is 6. The van der Waals surface area contributed by atoms with Gasteiger partial charge in [0, 0.05) is 40.9 Å². The number of hydrogen-bond donors (Lipinski definition) is 1. The number of aryl methyl sites for hydroxylation is 1. The second-order valence-electron chi connectivity index (χ2n) is 9.11. The fourth-order valence-electron chi connectivity index (χ4n) is 5.50. The van der Waals surface area contributed by atoms with E-state index in [0.717, 1.165) is 36.6 Å². The molecule has 3 aliphatic rings. The van der Waals surface area contributed by atoms with E-state index in [1.807, 2.05) is 0 Å². The van der Waals surface area contributed by atoms with Crippen LogP contribution in [-0.2, 0) is 13.0 Å². The van der Waals surface area contributed by atoms with Crippen molar-refractivity contribution in [2.75, 3.05) is 7.05 Å². The van der Waals surface area contributed by atoms with Crippen LogP contribution in [0.5, 0.6) is 0 Å². The summed E-state index contributed by atoms with van der Waals surface area (Å²) >= 11 is 0. The molecule has 2 aromatic carbocycles. The highest BCUT2D eigenvalue weighted by atomic mass is 16.3. The summed E-state index contributed by atoms with van der Waals surface area (Å²) in [5.74, 6) is 2.20. The van der Waals surface area contributed by atoms with Crippen LogP contribution < -0.4 is 5.32 Å². The molecule has 33 heavy (non-hydrogen) atoms. The smallest absolute Gasteiger partial charge is 0.140 e. The van der Waals surface area contributed by atoms with Gasteiger partial charge in [0.25, 0.3) is 0 Å². The highest BCUT2D eigenvalue weighted by molar-refractivity contribution is 5.95. The summed E-state index contributed by atoms with van der Waals surface area (Å²) in [4.78, 5) is 2.23. The molecule has 162 valence electrons. The molecule has 1 N–H and O–H groups in total. The van der Waals surface area contributed by atoms with E-state index in [9.17, 15) is 0 Å². The quantitative estimate of drug-likeness (QED) is 0.395. The lowest BCUT2D eigenvalue weighted by Crippen LogP contribution is -2.26. The van der Waals surface area contributed by atoms with Crippen LogP contribution in [0.4, 0.5) is 0 Å². The number of nitrogens with zero attached hydrogens (tertiary/aromatic N) is 2. The molecule has 0 radical (unpaired) electrons. The highest BCUT2D eigenvalue weighted by Crippen LogP contribution is 2.38. The number of allylic oxidation sites excluding steroid dienone is 3. The third-order valence-electron chi connectivity index (χ3n) is 7.03. The average molecular weight is 432 g/mol. The molecular formula is C29H25N3O. The first-order valence-electron chi connectivity index (χ1n) is 11.6. The number of nitrogens with one attached hydrogen (secondary N) is 1. The number of para-hydroxylation sites is 2. The van der Waals surface area contributed by atoms with Crippen LogP contribution in [0.2, 0.25) is 0 Å². The first-order chi connectivity index (χ1) is 16.3. The van der Waals surface area contributed by atoms with E-state index in [-0.39, 0.29) is 6.04 Å². The zero-order valence-electron chi connectivity index (χ0n) is 18.6. The highest BCUT2D eigenvalue weighted by Gasteiger charge is 2.25. The summed E-state index contributed by atoms with van der Waals surface area (Å²) in [5.41, 5.74) is 7.27. The van der Waals surface area contributed by atoms with Gasteiger partial charge in [-0.15, -0.1) is 0 Å². The van der Waals surface area contributed by atoms with Crippen molar-refractivity contribution in [2.24, 2.45) is 0 Å². The summed E-state index contributed by atoms with van der Waals surface area (Å²) in [6.45, 7) is 0.876. The van der Waals surface area contributed by atoms with Crippen molar-refractivity contribution in [3.63, 3.8) is 0 Å². The number of benzene rings is 2. The van der Waals surface area contributed by atoms with Crippen molar-refractivity contribution in [3.05, 3.63) is 101 Å². The van der Waals surface area contributed by atoms with E-state index in [1.165, 1.54) is 38.7 Å². The van der Waals surface area contributed by atoms with Gasteiger partial charge in [-0.25, -0.2) is 0 Å². The fraction of sp³-hybridized carbons (Fsp3) is 0.172. The first kappa shape index (κ1) is 18.6. The number of rotatable bonds is 2. The van der Waals surface area contributed by atoms with Crippen LogP contribution >= 0.6 is 0 Å². The second kappa shape index (κ2) is 7.04. The molecule has 4 nitrogen and oxygen atoms in total. The maximum atomic E-state index is 6.41. The van der Waals surface area contributed by atoms with Gasteiger partial charge >= 0.3 is 0 Å². The van der Waals surface area contributed by atoms with Crippen LogP contribution in [0, 0.1) is 0 Å². The van der Waals surface area contributed by atoms with Crippen LogP contribution in [0.15, 0.2) is 77.4 Å². The number of furan rings is 1. The Morgan fingerprint density at radius 3 is 2.88 bits per heavy atom. The largest absolute Gasteiger partial charge is 0.460 e. The first-order valence-corrected chi connectivity index (χ1v) is 11.6. The van der Waals surface area contributed by atoms with Crippen molar-refractivity contribution in [3.8, 4) is 0 Å². The standard InChI is InChI=1S/C29H25N3O/c1-31-17-16-20-19-8-2-4-13-25(19)32(26(20)18-31)28-15-7-12-24(30-28)23-11-6-10-22-21-9-3-5-14-27(21)33-29(22)23/h2-4,6-13,15-17,24,30H,5,14,18H2,1H3. The molecule has 0 spiro atoms. The summed E-state index contributed by atoms with van der Waals surface area (Å²) in [6, 6.07) is 15.2. The Morgan fingerprint density at radius 2 is 1.91 bits per heavy atom. The Labute approximate surface area is 192 Å². The molecule has 2 aromatic heterocycles. The molecule has 1 aliphatic carbocycles. The van der Waals surface area contributed by atoms with Crippen LogP contribution in [0.25, 0.3) is 39.8 Å². The number of aromatic nitrogens is 1. The summed E-state index contributed by atoms with van der Waals surface area (Å²) in [5, 5.41) is 6.32. The van der Waals surface area contributed by atoms with Gasteiger partial charge in [0.2, 0.25) is 0 Å². The van der Waals surface area contributed by atoms with Gasteiger partial charge in [0.15, 0.2) is 0 Å². The van der Waals surface area contributed by atoms with Crippen molar-refractivity contribution in [1.29, 1.82) is 0 Å². The predicted octanol–water partition coefficient (Wildman–Crippen LogP) is 6.46. The molecule has 4 heteroatoms. The lowest BCUT2D eigenvalue weighted by Gasteiger charge is -2.27. The minimum atomic E-state index is 0.0407.